The molecule has 0 amide bonds. The molecule has 2 aromatic rings. The van der Waals surface area contributed by atoms with Crippen molar-refractivity contribution in [2.24, 2.45) is 0 Å². The van der Waals surface area contributed by atoms with Crippen LogP contribution in [0.4, 0.5) is 0 Å². The smallest absolute Gasteiger partial charge is 0.134 e. The predicted octanol–water partition coefficient (Wildman–Crippen LogP) is 3.29. The second-order valence-electron chi connectivity index (χ2n) is 4.89. The molecule has 1 aromatic carbocycles. The lowest BCUT2D eigenvalue weighted by Crippen LogP contribution is -2.26. The van der Waals surface area contributed by atoms with Crippen LogP contribution in [0.25, 0.3) is 11.0 Å². The summed E-state index contributed by atoms with van der Waals surface area (Å²) in [6.07, 6.45) is 3.14. The predicted molar refractivity (Wildman–Crippen MR) is 65.6 cm³/mol. The van der Waals surface area contributed by atoms with E-state index >= 15 is 0 Å². The van der Waals surface area contributed by atoms with E-state index in [-0.39, 0.29) is 0 Å². The summed E-state index contributed by atoms with van der Waals surface area (Å²) in [5, 5.41) is 4.85. The molecule has 0 spiro atoms. The van der Waals surface area contributed by atoms with Crippen molar-refractivity contribution in [2.45, 2.75) is 38.3 Å². The Hall–Kier alpha value is -1.28. The summed E-state index contributed by atoms with van der Waals surface area (Å²) < 4.78 is 5.62. The minimum atomic E-state index is 0.538. The van der Waals surface area contributed by atoms with Crippen molar-refractivity contribution in [2.75, 3.05) is 0 Å². The Kier molecular flexibility index (Phi) is 2.25. The second kappa shape index (κ2) is 3.63. The van der Waals surface area contributed by atoms with E-state index in [2.05, 4.69) is 31.3 Å². The largest absolute Gasteiger partial charge is 0.464 e. The van der Waals surface area contributed by atoms with E-state index in [9.17, 15) is 0 Å². The minimum Gasteiger partial charge on any atom is -0.464 e. The first kappa shape index (κ1) is 9.91. The van der Waals surface area contributed by atoms with Crippen LogP contribution >= 0.6 is 0 Å². The number of furan rings is 1. The zero-order chi connectivity index (χ0) is 11.1. The van der Waals surface area contributed by atoms with Gasteiger partial charge in [-0.25, -0.2) is 0 Å². The summed E-state index contributed by atoms with van der Waals surface area (Å²) in [6.45, 7) is 4.51. The third kappa shape index (κ3) is 1.45. The molecular weight excluding hydrogens is 198 g/mol. The molecule has 0 saturated carbocycles. The van der Waals surface area contributed by atoms with Gasteiger partial charge in [-0.1, -0.05) is 18.2 Å². The molecule has 16 heavy (non-hydrogen) atoms. The lowest BCUT2D eigenvalue weighted by Gasteiger charge is -2.13. The fraction of sp³-hybridized carbons (Fsp3) is 0.429. The van der Waals surface area contributed by atoms with Gasteiger partial charge in [0.2, 0.25) is 0 Å². The van der Waals surface area contributed by atoms with Gasteiger partial charge >= 0.3 is 0 Å². The van der Waals surface area contributed by atoms with E-state index in [4.69, 9.17) is 4.42 Å². The number of hydrogen-bond donors (Lipinski definition) is 1. The number of benzene rings is 1. The van der Waals surface area contributed by atoms with E-state index in [1.165, 1.54) is 17.4 Å². The molecule has 84 valence electrons. The molecule has 1 saturated heterocycles. The van der Waals surface area contributed by atoms with Crippen molar-refractivity contribution >= 4 is 11.0 Å². The zero-order valence-corrected chi connectivity index (χ0v) is 9.73. The minimum absolute atomic E-state index is 0.538. The Labute approximate surface area is 95.6 Å². The highest BCUT2D eigenvalue weighted by Crippen LogP contribution is 2.35. The summed E-state index contributed by atoms with van der Waals surface area (Å²) >= 11 is 0. The maximum Gasteiger partial charge on any atom is 0.134 e. The van der Waals surface area contributed by atoms with Crippen molar-refractivity contribution in [3.8, 4) is 0 Å². The molecule has 3 atom stereocenters. The lowest BCUT2D eigenvalue weighted by atomic mass is 9.91. The van der Waals surface area contributed by atoms with Gasteiger partial charge in [-0.2, -0.15) is 0 Å². The van der Waals surface area contributed by atoms with Crippen LogP contribution in [0.3, 0.4) is 0 Å². The summed E-state index contributed by atoms with van der Waals surface area (Å²) in [5.74, 6) is 0.582. The maximum atomic E-state index is 5.62. The zero-order valence-electron chi connectivity index (χ0n) is 9.73. The number of para-hydroxylation sites is 1. The first-order valence-electron chi connectivity index (χ1n) is 5.98. The van der Waals surface area contributed by atoms with Gasteiger partial charge in [-0.3, -0.25) is 0 Å². The number of rotatable bonds is 1. The highest BCUT2D eigenvalue weighted by atomic mass is 16.3. The molecule has 2 heterocycles. The number of fused-ring (bicyclic) bond motifs is 1. The molecule has 1 N–H and O–H groups in total. The van der Waals surface area contributed by atoms with Gasteiger partial charge in [0.1, 0.15) is 5.58 Å². The molecular formula is C14H17NO. The summed E-state index contributed by atoms with van der Waals surface area (Å²) in [5.41, 5.74) is 2.37. The first-order chi connectivity index (χ1) is 7.75. The Morgan fingerprint density at radius 3 is 2.81 bits per heavy atom. The van der Waals surface area contributed by atoms with E-state index in [0.29, 0.717) is 18.0 Å². The van der Waals surface area contributed by atoms with Gasteiger partial charge in [0.25, 0.3) is 0 Å². The fourth-order valence-corrected chi connectivity index (χ4v) is 2.90. The van der Waals surface area contributed by atoms with Crippen LogP contribution in [-0.4, -0.2) is 12.1 Å². The van der Waals surface area contributed by atoms with E-state index in [0.717, 1.165) is 5.58 Å². The molecule has 1 aliphatic rings. The van der Waals surface area contributed by atoms with Crippen molar-refractivity contribution in [1.29, 1.82) is 0 Å². The standard InChI is InChI=1S/C14H17NO/c1-9-7-12(10(2)15-9)13-8-16-14-6-4-3-5-11(13)14/h3-6,8-10,12,15H,7H2,1-2H3. The summed E-state index contributed by atoms with van der Waals surface area (Å²) in [4.78, 5) is 0. The van der Waals surface area contributed by atoms with Gasteiger partial charge in [-0.05, 0) is 26.3 Å². The Bertz CT molecular complexity index is 502. The number of nitrogens with one attached hydrogen (secondary N) is 1. The van der Waals surface area contributed by atoms with Crippen LogP contribution in [0.1, 0.15) is 31.7 Å². The first-order valence-corrected chi connectivity index (χ1v) is 5.98. The van der Waals surface area contributed by atoms with Crippen LogP contribution in [0.2, 0.25) is 0 Å². The molecule has 0 radical (unpaired) electrons. The highest BCUT2D eigenvalue weighted by molar-refractivity contribution is 5.81. The molecule has 0 bridgehead atoms. The third-order valence-electron chi connectivity index (χ3n) is 3.67. The third-order valence-corrected chi connectivity index (χ3v) is 3.67. The molecule has 1 aromatic heterocycles. The van der Waals surface area contributed by atoms with Crippen LogP contribution in [0, 0.1) is 0 Å². The van der Waals surface area contributed by atoms with Gasteiger partial charge < -0.3 is 9.73 Å². The van der Waals surface area contributed by atoms with E-state index in [1.807, 2.05) is 18.4 Å². The van der Waals surface area contributed by atoms with Crippen molar-refractivity contribution in [3.05, 3.63) is 36.1 Å². The van der Waals surface area contributed by atoms with Crippen molar-refractivity contribution in [3.63, 3.8) is 0 Å². The van der Waals surface area contributed by atoms with Crippen LogP contribution in [0.15, 0.2) is 34.9 Å². The van der Waals surface area contributed by atoms with Crippen molar-refractivity contribution < 1.29 is 4.42 Å². The fourth-order valence-electron chi connectivity index (χ4n) is 2.90. The monoisotopic (exact) mass is 215 g/mol. The molecule has 3 rings (SSSR count). The van der Waals surface area contributed by atoms with E-state index in [1.54, 1.807) is 0 Å². The Balaban J connectivity index is 2.06. The second-order valence-corrected chi connectivity index (χ2v) is 4.89. The summed E-state index contributed by atoms with van der Waals surface area (Å²) in [7, 11) is 0. The Morgan fingerprint density at radius 1 is 1.25 bits per heavy atom. The summed E-state index contributed by atoms with van der Waals surface area (Å²) in [6, 6.07) is 9.44. The van der Waals surface area contributed by atoms with E-state index < -0.39 is 0 Å². The maximum absolute atomic E-state index is 5.62. The molecule has 3 unspecified atom stereocenters. The van der Waals surface area contributed by atoms with Crippen LogP contribution in [-0.2, 0) is 0 Å². The number of hydrogen-bond acceptors (Lipinski definition) is 2. The average Bonchev–Trinajstić information content (AvgIpc) is 2.81. The molecule has 2 nitrogen and oxygen atoms in total. The van der Waals surface area contributed by atoms with Crippen molar-refractivity contribution in [1.82, 2.24) is 5.32 Å². The lowest BCUT2D eigenvalue weighted by molar-refractivity contribution is 0.562. The quantitative estimate of drug-likeness (QED) is 0.789. The molecule has 0 aliphatic carbocycles. The van der Waals surface area contributed by atoms with Gasteiger partial charge in [0, 0.05) is 29.0 Å². The SMILES string of the molecule is CC1CC(c2coc3ccccc23)C(C)N1. The van der Waals surface area contributed by atoms with Crippen LogP contribution < -0.4 is 5.32 Å². The van der Waals surface area contributed by atoms with Crippen LogP contribution in [0.5, 0.6) is 0 Å². The van der Waals surface area contributed by atoms with Gasteiger partial charge in [-0.15, -0.1) is 0 Å². The normalized spacial score (nSPS) is 30.0. The highest BCUT2D eigenvalue weighted by Gasteiger charge is 2.31. The topological polar surface area (TPSA) is 25.2 Å². The molecule has 1 aliphatic heterocycles. The molecule has 2 heteroatoms. The van der Waals surface area contributed by atoms with Gasteiger partial charge in [0.15, 0.2) is 0 Å². The Morgan fingerprint density at radius 2 is 2.06 bits per heavy atom. The average molecular weight is 215 g/mol. The van der Waals surface area contributed by atoms with Gasteiger partial charge in [0.05, 0.1) is 6.26 Å². The molecule has 1 fully saturated rings.